The van der Waals surface area contributed by atoms with E-state index in [-0.39, 0.29) is 33.0 Å². The van der Waals surface area contributed by atoms with Gasteiger partial charge in [0.25, 0.3) is 0 Å². The van der Waals surface area contributed by atoms with Crippen molar-refractivity contribution in [1.82, 2.24) is 0 Å². The number of carboxylic acids is 3. The van der Waals surface area contributed by atoms with Crippen LogP contribution >= 0.6 is 0 Å². The van der Waals surface area contributed by atoms with Crippen molar-refractivity contribution >= 4 is 17.9 Å². The Kier molecular flexibility index (Phi) is 41.2. The second-order valence-electron chi connectivity index (χ2n) is 5.82. The summed E-state index contributed by atoms with van der Waals surface area (Å²) in [5.41, 5.74) is -0.667. The zero-order valence-electron chi connectivity index (χ0n) is 18.7. The van der Waals surface area contributed by atoms with Crippen LogP contribution in [0.15, 0.2) is 38.0 Å². The van der Waals surface area contributed by atoms with Gasteiger partial charge in [0.05, 0.1) is 19.8 Å². The van der Waals surface area contributed by atoms with E-state index in [1.54, 1.807) is 0 Å². The first-order valence-electron chi connectivity index (χ1n) is 9.58. The van der Waals surface area contributed by atoms with Crippen molar-refractivity contribution in [2.24, 2.45) is 5.41 Å². The maximum absolute atomic E-state index is 9.25. The zero-order chi connectivity index (χ0) is 26.4. The molecule has 0 spiro atoms. The Hall–Kier alpha value is -2.57. The van der Waals surface area contributed by atoms with Gasteiger partial charge < -0.3 is 40.9 Å². The van der Waals surface area contributed by atoms with Gasteiger partial charge in [-0.25, -0.2) is 14.4 Å². The van der Waals surface area contributed by atoms with Crippen molar-refractivity contribution in [3.8, 4) is 0 Å². The molecule has 0 unspecified atom stereocenters. The number of carbonyl (C=O) groups is 3. The highest BCUT2D eigenvalue weighted by Crippen LogP contribution is 2.18. The van der Waals surface area contributed by atoms with E-state index in [0.717, 1.165) is 43.9 Å². The number of aliphatic hydroxyl groups excluding tert-OH is 5. The number of aliphatic carboxylic acids is 3. The SMILES string of the molecule is C=CC(=O)O.C=CC(=O)O.C=CC(=O)O.CCC(CO)(CO)CO.OCCCCCCO. The molecule has 0 radical (unpaired) electrons. The smallest absolute Gasteiger partial charge is 0.327 e. The molecule has 0 aliphatic carbocycles. The summed E-state index contributed by atoms with van der Waals surface area (Å²) in [4.78, 5) is 27.8. The molecule has 8 N–H and O–H groups in total. The normalized spacial score (nSPS) is 8.81. The van der Waals surface area contributed by atoms with Crippen LogP contribution in [-0.4, -0.2) is 91.8 Å². The minimum Gasteiger partial charge on any atom is -0.478 e. The molecule has 0 heterocycles. The quantitative estimate of drug-likeness (QED) is 0.147. The standard InChI is InChI=1S/C6H14O3.C6H14O2.3C3H4O2/c1-2-6(3-7,4-8)5-9;7-5-3-1-2-4-6-8;3*1-2-3(4)5/h7-9H,2-5H2,1H3;7-8H,1-6H2;3*2H,1H2,(H,4,5). The summed E-state index contributed by atoms with van der Waals surface area (Å²) in [5.74, 6) is -2.94. The molecule has 11 nitrogen and oxygen atoms in total. The van der Waals surface area contributed by atoms with Gasteiger partial charge in [-0.3, -0.25) is 0 Å². The second kappa shape index (κ2) is 33.1. The van der Waals surface area contributed by atoms with Gasteiger partial charge in [-0.15, -0.1) is 0 Å². The van der Waals surface area contributed by atoms with Gasteiger partial charge in [0, 0.05) is 36.9 Å². The molecule has 0 saturated heterocycles. The Bertz CT molecular complexity index is 406. The molecule has 0 fully saturated rings. The Morgan fingerprint density at radius 3 is 0.906 bits per heavy atom. The molecule has 0 aromatic rings. The van der Waals surface area contributed by atoms with Crippen molar-refractivity contribution in [3.05, 3.63) is 38.0 Å². The zero-order valence-corrected chi connectivity index (χ0v) is 18.7. The van der Waals surface area contributed by atoms with Gasteiger partial charge in [0.1, 0.15) is 0 Å². The fourth-order valence-electron chi connectivity index (χ4n) is 1.06. The maximum atomic E-state index is 9.25. The number of unbranched alkanes of at least 4 members (excludes halogenated alkanes) is 3. The van der Waals surface area contributed by atoms with Crippen molar-refractivity contribution < 1.29 is 55.2 Å². The monoisotopic (exact) mass is 468 g/mol. The fraction of sp³-hybridized carbons (Fsp3) is 0.571. The molecule has 0 amide bonds. The lowest BCUT2D eigenvalue weighted by molar-refractivity contribution is -0.132. The minimum absolute atomic E-state index is 0.156. The lowest BCUT2D eigenvalue weighted by Gasteiger charge is -2.24. The summed E-state index contributed by atoms with van der Waals surface area (Å²) in [6.07, 6.45) is 6.92. The fourth-order valence-corrected chi connectivity index (χ4v) is 1.06. The summed E-state index contributed by atoms with van der Waals surface area (Å²) < 4.78 is 0. The van der Waals surface area contributed by atoms with E-state index in [1.807, 2.05) is 6.92 Å². The van der Waals surface area contributed by atoms with E-state index in [1.165, 1.54) is 0 Å². The molecule has 0 aromatic carbocycles. The van der Waals surface area contributed by atoms with E-state index in [2.05, 4.69) is 19.7 Å². The van der Waals surface area contributed by atoms with E-state index in [0.29, 0.717) is 6.42 Å². The van der Waals surface area contributed by atoms with Crippen molar-refractivity contribution in [3.63, 3.8) is 0 Å². The van der Waals surface area contributed by atoms with Crippen LogP contribution in [-0.2, 0) is 14.4 Å². The number of hydrogen-bond donors (Lipinski definition) is 8. The molecule has 0 saturated carbocycles. The number of rotatable bonds is 12. The van der Waals surface area contributed by atoms with Gasteiger partial charge in [0.15, 0.2) is 0 Å². The van der Waals surface area contributed by atoms with Gasteiger partial charge in [-0.2, -0.15) is 0 Å². The van der Waals surface area contributed by atoms with E-state index >= 15 is 0 Å². The molecule has 0 bridgehead atoms. The molecule has 0 atom stereocenters. The molecular weight excluding hydrogens is 428 g/mol. The maximum Gasteiger partial charge on any atom is 0.327 e. The highest BCUT2D eigenvalue weighted by atomic mass is 16.4. The van der Waals surface area contributed by atoms with Crippen LogP contribution in [0.1, 0.15) is 39.0 Å². The van der Waals surface area contributed by atoms with E-state index in [9.17, 15) is 14.4 Å². The van der Waals surface area contributed by atoms with Gasteiger partial charge in [0.2, 0.25) is 0 Å². The lowest BCUT2D eigenvalue weighted by atomic mass is 9.88. The highest BCUT2D eigenvalue weighted by Gasteiger charge is 2.24. The molecule has 32 heavy (non-hydrogen) atoms. The third-order valence-corrected chi connectivity index (χ3v) is 3.35. The molecule has 190 valence electrons. The number of hydrogen-bond acceptors (Lipinski definition) is 8. The number of carboxylic acid groups (broad SMARTS) is 3. The Morgan fingerprint density at radius 2 is 0.844 bits per heavy atom. The molecule has 0 aliphatic rings. The van der Waals surface area contributed by atoms with Crippen LogP contribution in [0.25, 0.3) is 0 Å². The molecular formula is C21H40O11. The largest absolute Gasteiger partial charge is 0.478 e. The average Bonchev–Trinajstić information content (AvgIpc) is 2.80. The first-order chi connectivity index (χ1) is 15.0. The van der Waals surface area contributed by atoms with E-state index in [4.69, 9.17) is 40.9 Å². The summed E-state index contributed by atoms with van der Waals surface area (Å²) in [5, 5.41) is 65.4. The lowest BCUT2D eigenvalue weighted by Crippen LogP contribution is -2.32. The average molecular weight is 469 g/mol. The molecule has 0 aromatic heterocycles. The van der Waals surface area contributed by atoms with Crippen LogP contribution in [0, 0.1) is 5.41 Å². The van der Waals surface area contributed by atoms with Gasteiger partial charge in [-0.1, -0.05) is 39.5 Å². The first kappa shape index (κ1) is 39.9. The van der Waals surface area contributed by atoms with Crippen molar-refractivity contribution in [2.45, 2.75) is 39.0 Å². The van der Waals surface area contributed by atoms with E-state index < -0.39 is 23.3 Å². The minimum atomic E-state index is -0.981. The van der Waals surface area contributed by atoms with Crippen LogP contribution in [0.4, 0.5) is 0 Å². The molecule has 0 rings (SSSR count). The van der Waals surface area contributed by atoms with Crippen LogP contribution in [0.2, 0.25) is 0 Å². The summed E-state index contributed by atoms with van der Waals surface area (Å²) in [6.45, 7) is 10.8. The van der Waals surface area contributed by atoms with Crippen LogP contribution in [0.5, 0.6) is 0 Å². The second-order valence-corrected chi connectivity index (χ2v) is 5.82. The van der Waals surface area contributed by atoms with Gasteiger partial charge >= 0.3 is 17.9 Å². The Labute approximate surface area is 189 Å². The molecule has 0 aliphatic heterocycles. The predicted octanol–water partition coefficient (Wildman–Crippen LogP) is 0.662. The summed E-state index contributed by atoms with van der Waals surface area (Å²) in [7, 11) is 0. The highest BCUT2D eigenvalue weighted by molar-refractivity contribution is 5.79. The first-order valence-corrected chi connectivity index (χ1v) is 9.58. The summed E-state index contributed by atoms with van der Waals surface area (Å²) >= 11 is 0. The van der Waals surface area contributed by atoms with Crippen LogP contribution < -0.4 is 0 Å². The van der Waals surface area contributed by atoms with Crippen LogP contribution in [0.3, 0.4) is 0 Å². The summed E-state index contributed by atoms with van der Waals surface area (Å²) in [6, 6.07) is 0. The Balaban J connectivity index is -0.0000000976. The third kappa shape index (κ3) is 45.9. The van der Waals surface area contributed by atoms with Gasteiger partial charge in [-0.05, 0) is 19.3 Å². The van der Waals surface area contributed by atoms with Crippen molar-refractivity contribution in [1.29, 1.82) is 0 Å². The Morgan fingerprint density at radius 1 is 0.625 bits per heavy atom. The third-order valence-electron chi connectivity index (χ3n) is 3.35. The number of aliphatic hydroxyl groups is 5. The molecule has 11 heteroatoms. The topological polar surface area (TPSA) is 213 Å². The predicted molar refractivity (Wildman–Crippen MR) is 120 cm³/mol. The van der Waals surface area contributed by atoms with Crippen molar-refractivity contribution in [2.75, 3.05) is 33.0 Å².